The van der Waals surface area contributed by atoms with E-state index >= 15 is 0 Å². The first-order valence-corrected chi connectivity index (χ1v) is 7.19. The Bertz CT molecular complexity index is 583. The predicted octanol–water partition coefficient (Wildman–Crippen LogP) is 3.34. The van der Waals surface area contributed by atoms with Crippen molar-refractivity contribution in [1.82, 2.24) is 4.90 Å². The number of non-ortho nitro benzene ring substituents is 1. The van der Waals surface area contributed by atoms with Gasteiger partial charge in [-0.05, 0) is 38.7 Å². The summed E-state index contributed by atoms with van der Waals surface area (Å²) >= 11 is 0. The maximum atomic E-state index is 12.6. The Morgan fingerprint density at radius 1 is 1.33 bits per heavy atom. The highest BCUT2D eigenvalue weighted by Gasteiger charge is 2.23. The first-order chi connectivity index (χ1) is 9.99. The third-order valence-corrected chi connectivity index (χ3v) is 3.66. The van der Waals surface area contributed by atoms with Gasteiger partial charge in [-0.3, -0.25) is 14.9 Å². The van der Waals surface area contributed by atoms with Gasteiger partial charge in [-0.15, -0.1) is 0 Å². The molecule has 0 unspecified atom stereocenters. The fourth-order valence-electron chi connectivity index (χ4n) is 2.46. The summed E-state index contributed by atoms with van der Waals surface area (Å²) < 4.78 is 0. The topological polar surface area (TPSA) is 63.5 Å². The fourth-order valence-corrected chi connectivity index (χ4v) is 2.46. The molecule has 5 heteroatoms. The molecule has 0 saturated carbocycles. The summed E-state index contributed by atoms with van der Waals surface area (Å²) in [6, 6.07) is 4.57. The van der Waals surface area contributed by atoms with Crippen molar-refractivity contribution in [3.05, 3.63) is 51.1 Å². The lowest BCUT2D eigenvalue weighted by Crippen LogP contribution is -2.28. The molecule has 1 aliphatic rings. The highest BCUT2D eigenvalue weighted by atomic mass is 16.6. The third kappa shape index (κ3) is 3.68. The van der Waals surface area contributed by atoms with Crippen LogP contribution in [0.5, 0.6) is 0 Å². The second-order valence-electron chi connectivity index (χ2n) is 5.58. The number of benzene rings is 1. The van der Waals surface area contributed by atoms with Crippen molar-refractivity contribution in [2.75, 3.05) is 13.1 Å². The van der Waals surface area contributed by atoms with Crippen LogP contribution in [0.2, 0.25) is 0 Å². The Morgan fingerprint density at radius 2 is 2.00 bits per heavy atom. The standard InChI is InChI=1S/C16H20N2O3/c1-12(2)5-6-13-7-8-14(18(20)21)11-15(13)16(19)17-9-3-4-10-17/h5,7-8,11H,3-4,6,9-10H2,1-2H3. The van der Waals surface area contributed by atoms with Crippen molar-refractivity contribution in [2.24, 2.45) is 0 Å². The molecule has 21 heavy (non-hydrogen) atoms. The van der Waals surface area contributed by atoms with Gasteiger partial charge in [0.1, 0.15) is 0 Å². The number of hydrogen-bond acceptors (Lipinski definition) is 3. The largest absolute Gasteiger partial charge is 0.339 e. The van der Waals surface area contributed by atoms with Crippen LogP contribution in [0.4, 0.5) is 5.69 Å². The van der Waals surface area contributed by atoms with Crippen molar-refractivity contribution < 1.29 is 9.72 Å². The van der Waals surface area contributed by atoms with E-state index < -0.39 is 4.92 Å². The highest BCUT2D eigenvalue weighted by molar-refractivity contribution is 5.96. The molecule has 1 amide bonds. The number of nitro groups is 1. The van der Waals surface area contributed by atoms with Crippen LogP contribution < -0.4 is 0 Å². The molecule has 2 rings (SSSR count). The molecule has 1 heterocycles. The first-order valence-electron chi connectivity index (χ1n) is 7.19. The summed E-state index contributed by atoms with van der Waals surface area (Å²) in [5.74, 6) is -0.0895. The van der Waals surface area contributed by atoms with Crippen molar-refractivity contribution in [2.45, 2.75) is 33.1 Å². The number of likely N-dealkylation sites (tertiary alicyclic amines) is 1. The van der Waals surface area contributed by atoms with Crippen molar-refractivity contribution >= 4 is 11.6 Å². The van der Waals surface area contributed by atoms with Gasteiger partial charge in [-0.1, -0.05) is 17.7 Å². The molecular formula is C16H20N2O3. The molecule has 0 atom stereocenters. The number of amides is 1. The van der Waals surface area contributed by atoms with E-state index in [1.807, 2.05) is 19.9 Å². The average molecular weight is 288 g/mol. The number of carbonyl (C=O) groups is 1. The molecule has 0 spiro atoms. The van der Waals surface area contributed by atoms with Gasteiger partial charge >= 0.3 is 0 Å². The molecule has 1 saturated heterocycles. The maximum absolute atomic E-state index is 12.6. The quantitative estimate of drug-likeness (QED) is 0.485. The van der Waals surface area contributed by atoms with Crippen LogP contribution in [0.15, 0.2) is 29.8 Å². The number of allylic oxidation sites excluding steroid dienone is 2. The van der Waals surface area contributed by atoms with E-state index in [9.17, 15) is 14.9 Å². The lowest BCUT2D eigenvalue weighted by Gasteiger charge is -2.17. The third-order valence-electron chi connectivity index (χ3n) is 3.66. The molecular weight excluding hydrogens is 268 g/mol. The Hall–Kier alpha value is -2.17. The molecule has 112 valence electrons. The van der Waals surface area contributed by atoms with Crippen molar-refractivity contribution in [3.63, 3.8) is 0 Å². The van der Waals surface area contributed by atoms with Gasteiger partial charge in [-0.2, -0.15) is 0 Å². The van der Waals surface area contributed by atoms with Crippen molar-refractivity contribution in [3.8, 4) is 0 Å². The van der Waals surface area contributed by atoms with Crippen LogP contribution >= 0.6 is 0 Å². The van der Waals surface area contributed by atoms with Gasteiger partial charge in [0.2, 0.25) is 0 Å². The second kappa shape index (κ2) is 6.52. The zero-order chi connectivity index (χ0) is 15.4. The molecule has 5 nitrogen and oxygen atoms in total. The van der Waals surface area contributed by atoms with E-state index in [4.69, 9.17) is 0 Å². The van der Waals surface area contributed by atoms with E-state index in [1.54, 1.807) is 11.0 Å². The summed E-state index contributed by atoms with van der Waals surface area (Å²) in [6.45, 7) is 5.47. The minimum Gasteiger partial charge on any atom is -0.339 e. The molecule has 0 radical (unpaired) electrons. The Labute approximate surface area is 124 Å². The SMILES string of the molecule is CC(C)=CCc1ccc([N+](=O)[O-])cc1C(=O)N1CCCC1. The van der Waals surface area contributed by atoms with Crippen LogP contribution in [0, 0.1) is 10.1 Å². The fraction of sp³-hybridized carbons (Fsp3) is 0.438. The first kappa shape index (κ1) is 15.2. The monoisotopic (exact) mass is 288 g/mol. The summed E-state index contributed by atoms with van der Waals surface area (Å²) in [5, 5.41) is 10.9. The number of rotatable bonds is 4. The molecule has 1 aliphatic heterocycles. The van der Waals surface area contributed by atoms with Crippen LogP contribution in [0.25, 0.3) is 0 Å². The summed E-state index contributed by atoms with van der Waals surface area (Å²) in [4.78, 5) is 24.8. The number of hydrogen-bond donors (Lipinski definition) is 0. The van der Waals surface area contributed by atoms with Gasteiger partial charge in [0.25, 0.3) is 11.6 Å². The Balaban J connectivity index is 2.37. The minimum atomic E-state index is -0.453. The Morgan fingerprint density at radius 3 is 2.57 bits per heavy atom. The zero-order valence-corrected chi connectivity index (χ0v) is 12.5. The number of nitrogens with zero attached hydrogens (tertiary/aromatic N) is 2. The summed E-state index contributed by atoms with van der Waals surface area (Å²) in [7, 11) is 0. The normalized spacial score (nSPS) is 14.1. The molecule has 0 aromatic heterocycles. The van der Waals surface area contributed by atoms with Gasteiger partial charge in [0, 0.05) is 30.8 Å². The van der Waals surface area contributed by atoms with Gasteiger partial charge in [0.15, 0.2) is 0 Å². The van der Waals surface area contributed by atoms with E-state index in [2.05, 4.69) is 0 Å². The average Bonchev–Trinajstić information content (AvgIpc) is 2.98. The number of carbonyl (C=O) groups excluding carboxylic acids is 1. The van der Waals surface area contributed by atoms with Crippen LogP contribution in [0.3, 0.4) is 0 Å². The highest BCUT2D eigenvalue weighted by Crippen LogP contribution is 2.22. The lowest BCUT2D eigenvalue weighted by atomic mass is 10.0. The molecule has 0 N–H and O–H groups in total. The Kier molecular flexibility index (Phi) is 4.73. The van der Waals surface area contributed by atoms with E-state index in [1.165, 1.54) is 12.1 Å². The lowest BCUT2D eigenvalue weighted by molar-refractivity contribution is -0.384. The van der Waals surface area contributed by atoms with E-state index in [-0.39, 0.29) is 11.6 Å². The molecule has 1 aromatic rings. The predicted molar refractivity (Wildman–Crippen MR) is 81.4 cm³/mol. The summed E-state index contributed by atoms with van der Waals surface area (Å²) in [5.41, 5.74) is 2.44. The molecule has 0 bridgehead atoms. The van der Waals surface area contributed by atoms with Gasteiger partial charge in [-0.25, -0.2) is 0 Å². The number of nitro benzene ring substituents is 1. The second-order valence-corrected chi connectivity index (χ2v) is 5.58. The van der Waals surface area contributed by atoms with E-state index in [0.717, 1.165) is 37.1 Å². The van der Waals surface area contributed by atoms with Gasteiger partial charge < -0.3 is 4.90 Å². The van der Waals surface area contributed by atoms with Crippen molar-refractivity contribution in [1.29, 1.82) is 0 Å². The van der Waals surface area contributed by atoms with E-state index in [0.29, 0.717) is 12.0 Å². The van der Waals surface area contributed by atoms with Crippen LogP contribution in [-0.4, -0.2) is 28.8 Å². The molecule has 1 aromatic carbocycles. The van der Waals surface area contributed by atoms with Crippen LogP contribution in [0.1, 0.15) is 42.6 Å². The molecule has 0 aliphatic carbocycles. The van der Waals surface area contributed by atoms with Crippen LogP contribution in [-0.2, 0) is 6.42 Å². The maximum Gasteiger partial charge on any atom is 0.270 e. The smallest absolute Gasteiger partial charge is 0.270 e. The summed E-state index contributed by atoms with van der Waals surface area (Å²) in [6.07, 6.45) is 4.66. The van der Waals surface area contributed by atoms with Gasteiger partial charge in [0.05, 0.1) is 4.92 Å². The zero-order valence-electron chi connectivity index (χ0n) is 12.5. The minimum absolute atomic E-state index is 0.0292. The molecule has 1 fully saturated rings.